The van der Waals surface area contributed by atoms with E-state index in [2.05, 4.69) is 10.0 Å². The highest BCUT2D eigenvalue weighted by Gasteiger charge is 2.50. The molecule has 1 aliphatic rings. The molecule has 2 rings (SSSR count). The van der Waals surface area contributed by atoms with Gasteiger partial charge in [0, 0.05) is 11.5 Å². The summed E-state index contributed by atoms with van der Waals surface area (Å²) in [6.45, 7) is 1.88. The van der Waals surface area contributed by atoms with Gasteiger partial charge in [-0.05, 0) is 54.8 Å². The Hall–Kier alpha value is -1.80. The number of benzene rings is 1. The average Bonchev–Trinajstić information content (AvgIpc) is 2.55. The average molecular weight is 379 g/mol. The molecule has 1 fully saturated rings. The van der Waals surface area contributed by atoms with Crippen LogP contribution in [0.2, 0.25) is 0 Å². The molecule has 0 atom stereocenters. The van der Waals surface area contributed by atoms with Crippen LogP contribution in [0.15, 0.2) is 34.3 Å². The van der Waals surface area contributed by atoms with E-state index < -0.39 is 36.9 Å². The van der Waals surface area contributed by atoms with E-state index in [1.807, 2.05) is 0 Å². The maximum absolute atomic E-state index is 15.2. The Morgan fingerprint density at radius 1 is 1.24 bits per heavy atom. The van der Waals surface area contributed by atoms with Crippen LogP contribution < -0.4 is 0 Å². The van der Waals surface area contributed by atoms with Crippen molar-refractivity contribution >= 4 is 9.84 Å². The summed E-state index contributed by atoms with van der Waals surface area (Å²) in [5.74, 6) is 0. The number of rotatable bonds is 4. The van der Waals surface area contributed by atoms with Crippen LogP contribution in [-0.2, 0) is 16.0 Å². The van der Waals surface area contributed by atoms with Gasteiger partial charge in [0.1, 0.15) is 0 Å². The molecule has 0 spiro atoms. The maximum atomic E-state index is 15.2. The van der Waals surface area contributed by atoms with E-state index in [4.69, 9.17) is 5.53 Å². The van der Waals surface area contributed by atoms with Crippen molar-refractivity contribution in [1.82, 2.24) is 0 Å². The Kier molecular flexibility index (Phi) is 5.07. The first-order valence-corrected chi connectivity index (χ1v) is 9.04. The largest absolute Gasteiger partial charge is 0.416 e. The van der Waals surface area contributed by atoms with Crippen molar-refractivity contribution in [1.29, 1.82) is 0 Å². The molecule has 0 N–H and O–H groups in total. The molecule has 0 radical (unpaired) electrons. The molecule has 0 aromatic heterocycles. The zero-order valence-electron chi connectivity index (χ0n) is 13.4. The van der Waals surface area contributed by atoms with E-state index in [9.17, 15) is 21.6 Å². The van der Waals surface area contributed by atoms with Crippen LogP contribution in [0.25, 0.3) is 10.4 Å². The molecule has 138 valence electrons. The predicted octanol–water partition coefficient (Wildman–Crippen LogP) is 5.04. The Morgan fingerprint density at radius 2 is 1.84 bits per heavy atom. The summed E-state index contributed by atoms with van der Waals surface area (Å²) in [6, 6.07) is 3.12. The van der Waals surface area contributed by atoms with E-state index in [1.54, 1.807) is 6.92 Å². The van der Waals surface area contributed by atoms with Crippen molar-refractivity contribution < 1.29 is 26.0 Å². The van der Waals surface area contributed by atoms with Crippen LogP contribution in [-0.4, -0.2) is 20.0 Å². The van der Waals surface area contributed by atoms with Crippen molar-refractivity contribution in [2.45, 2.75) is 48.7 Å². The first kappa shape index (κ1) is 19.5. The first-order valence-electron chi connectivity index (χ1n) is 7.55. The normalized spacial score (nSPS) is 27.6. The minimum absolute atomic E-state index is 0.114. The topological polar surface area (TPSA) is 82.9 Å². The number of sulfone groups is 1. The lowest BCUT2D eigenvalue weighted by Crippen LogP contribution is -2.41. The fourth-order valence-corrected chi connectivity index (χ4v) is 4.61. The molecule has 0 unspecified atom stereocenters. The maximum Gasteiger partial charge on any atom is 0.416 e. The van der Waals surface area contributed by atoms with Crippen molar-refractivity contribution in [2.75, 3.05) is 6.54 Å². The third-order valence-electron chi connectivity index (χ3n) is 4.67. The third-order valence-corrected chi connectivity index (χ3v) is 6.92. The standard InChI is InChI=1S/C15H17F4N3O2S/c1-13(10-21-22-20)5-7-14(16,8-6-13)25(23,24)12-4-2-3-11(9-12)15(17,18)19/h2-4,9H,5-8,10H2,1H3. The molecule has 1 aromatic carbocycles. The SMILES string of the molecule is CC1(CN=[N+]=[N-])CCC(F)(S(=O)(=O)c2cccc(C(F)(F)F)c2)CC1. The van der Waals surface area contributed by atoms with Crippen LogP contribution in [0, 0.1) is 5.41 Å². The van der Waals surface area contributed by atoms with Gasteiger partial charge in [-0.1, -0.05) is 18.1 Å². The highest BCUT2D eigenvalue weighted by molar-refractivity contribution is 7.92. The molecular formula is C15H17F4N3O2S. The lowest BCUT2D eigenvalue weighted by atomic mass is 9.75. The Morgan fingerprint density at radius 3 is 2.36 bits per heavy atom. The van der Waals surface area contributed by atoms with Crippen LogP contribution in [0.1, 0.15) is 38.2 Å². The van der Waals surface area contributed by atoms with E-state index in [1.165, 1.54) is 0 Å². The smallest absolute Gasteiger partial charge is 0.226 e. The monoisotopic (exact) mass is 379 g/mol. The van der Waals surface area contributed by atoms with E-state index in [0.717, 1.165) is 18.2 Å². The van der Waals surface area contributed by atoms with Crippen molar-refractivity contribution in [3.05, 3.63) is 40.3 Å². The zero-order valence-corrected chi connectivity index (χ0v) is 14.2. The second-order valence-electron chi connectivity index (χ2n) is 6.61. The summed E-state index contributed by atoms with van der Waals surface area (Å²) in [6.07, 6.45) is -5.12. The van der Waals surface area contributed by atoms with E-state index in [-0.39, 0.29) is 32.2 Å². The molecule has 0 saturated heterocycles. The quantitative estimate of drug-likeness (QED) is 0.318. The molecule has 1 aromatic rings. The minimum atomic E-state index is -4.71. The molecule has 1 saturated carbocycles. The fraction of sp³-hybridized carbons (Fsp3) is 0.600. The minimum Gasteiger partial charge on any atom is -0.226 e. The van der Waals surface area contributed by atoms with Crippen molar-refractivity contribution in [3.63, 3.8) is 0 Å². The number of hydrogen-bond acceptors (Lipinski definition) is 3. The lowest BCUT2D eigenvalue weighted by molar-refractivity contribution is -0.137. The summed E-state index contributed by atoms with van der Waals surface area (Å²) >= 11 is 0. The van der Waals surface area contributed by atoms with Crippen LogP contribution in [0.4, 0.5) is 17.6 Å². The van der Waals surface area contributed by atoms with Gasteiger partial charge in [0.15, 0.2) is 0 Å². The first-order chi connectivity index (χ1) is 11.4. The molecule has 0 aliphatic heterocycles. The van der Waals surface area contributed by atoms with Gasteiger partial charge in [0.2, 0.25) is 14.8 Å². The zero-order chi connectivity index (χ0) is 18.9. The molecule has 0 heterocycles. The highest BCUT2D eigenvalue weighted by atomic mass is 32.2. The van der Waals surface area contributed by atoms with Gasteiger partial charge < -0.3 is 0 Å². The number of hydrogen-bond donors (Lipinski definition) is 0. The fourth-order valence-electron chi connectivity index (χ4n) is 2.91. The number of halogens is 4. The number of alkyl halides is 4. The summed E-state index contributed by atoms with van der Waals surface area (Å²) in [5.41, 5.74) is 6.72. The Bertz CT molecular complexity index is 793. The summed E-state index contributed by atoms with van der Waals surface area (Å²) in [7, 11) is -4.59. The molecule has 25 heavy (non-hydrogen) atoms. The molecule has 5 nitrogen and oxygen atoms in total. The summed E-state index contributed by atoms with van der Waals surface area (Å²) in [4.78, 5) is 1.97. The molecule has 10 heteroatoms. The molecular weight excluding hydrogens is 362 g/mol. The van der Waals surface area contributed by atoms with Crippen molar-refractivity contribution in [2.24, 2.45) is 10.5 Å². The van der Waals surface area contributed by atoms with Gasteiger partial charge in [-0.2, -0.15) is 13.2 Å². The Balaban J connectivity index is 2.30. The molecule has 1 aliphatic carbocycles. The van der Waals surface area contributed by atoms with Gasteiger partial charge in [0.05, 0.1) is 10.5 Å². The van der Waals surface area contributed by atoms with Gasteiger partial charge in [0.25, 0.3) is 0 Å². The van der Waals surface area contributed by atoms with Gasteiger partial charge in [-0.25, -0.2) is 12.8 Å². The van der Waals surface area contributed by atoms with Crippen molar-refractivity contribution in [3.8, 4) is 0 Å². The second kappa shape index (κ2) is 6.49. The lowest BCUT2D eigenvalue weighted by Gasteiger charge is -2.39. The second-order valence-corrected chi connectivity index (χ2v) is 8.82. The Labute approximate surface area is 142 Å². The van der Waals surface area contributed by atoms with Gasteiger partial charge in [-0.15, -0.1) is 0 Å². The van der Waals surface area contributed by atoms with Gasteiger partial charge >= 0.3 is 6.18 Å². The summed E-state index contributed by atoms with van der Waals surface area (Å²) in [5, 5.41) is 0.826. The van der Waals surface area contributed by atoms with Crippen LogP contribution in [0.5, 0.6) is 0 Å². The number of nitrogens with zero attached hydrogens (tertiary/aromatic N) is 3. The highest BCUT2D eigenvalue weighted by Crippen LogP contribution is 2.47. The molecule has 0 amide bonds. The summed E-state index contributed by atoms with van der Waals surface area (Å²) < 4.78 is 78.7. The third kappa shape index (κ3) is 3.90. The predicted molar refractivity (Wildman–Crippen MR) is 83.1 cm³/mol. The number of azide groups is 1. The van der Waals surface area contributed by atoms with E-state index >= 15 is 4.39 Å². The molecule has 0 bridgehead atoms. The van der Waals surface area contributed by atoms with Crippen LogP contribution in [0.3, 0.4) is 0 Å². The van der Waals surface area contributed by atoms with Gasteiger partial charge in [-0.3, -0.25) is 0 Å². The van der Waals surface area contributed by atoms with Crippen LogP contribution >= 0.6 is 0 Å². The van der Waals surface area contributed by atoms with E-state index in [0.29, 0.717) is 6.07 Å².